The van der Waals surface area contributed by atoms with E-state index in [9.17, 15) is 0 Å². The molecular weight excluding hydrogens is 444 g/mol. The maximum atomic E-state index is 6.44. The molecular formula is C31H36N4O. The van der Waals surface area contributed by atoms with Crippen LogP contribution in [0.25, 0.3) is 10.8 Å². The molecule has 5 rings (SSSR count). The van der Waals surface area contributed by atoms with Crippen molar-refractivity contribution in [3.63, 3.8) is 0 Å². The van der Waals surface area contributed by atoms with Crippen LogP contribution in [0.2, 0.25) is 0 Å². The second kappa shape index (κ2) is 12.1. The van der Waals surface area contributed by atoms with Crippen LogP contribution in [-0.2, 0) is 17.8 Å². The first-order valence-corrected chi connectivity index (χ1v) is 13.1. The van der Waals surface area contributed by atoms with Crippen molar-refractivity contribution in [2.24, 2.45) is 0 Å². The number of anilines is 1. The molecule has 1 N–H and O–H groups in total. The SMILES string of the molecule is CN(CCCCc1ccccc1)c1ncc(C2CCNCC2OCc2ccc3ccccc3c2)cn1. The molecule has 5 nitrogen and oxygen atoms in total. The second-order valence-corrected chi connectivity index (χ2v) is 9.81. The van der Waals surface area contributed by atoms with Crippen LogP contribution in [0.4, 0.5) is 5.95 Å². The molecule has 4 aromatic rings. The van der Waals surface area contributed by atoms with Gasteiger partial charge in [-0.1, -0.05) is 66.7 Å². The fourth-order valence-corrected chi connectivity index (χ4v) is 5.06. The van der Waals surface area contributed by atoms with Crippen LogP contribution in [0.3, 0.4) is 0 Å². The zero-order chi connectivity index (χ0) is 24.6. The molecule has 0 saturated carbocycles. The normalized spacial score (nSPS) is 17.8. The summed E-state index contributed by atoms with van der Waals surface area (Å²) in [6.45, 7) is 3.40. The van der Waals surface area contributed by atoms with E-state index >= 15 is 0 Å². The summed E-state index contributed by atoms with van der Waals surface area (Å²) in [5.41, 5.74) is 3.78. The number of rotatable bonds is 10. The minimum atomic E-state index is 0.107. The Hall–Kier alpha value is -3.28. The van der Waals surface area contributed by atoms with Gasteiger partial charge in [-0.15, -0.1) is 0 Å². The smallest absolute Gasteiger partial charge is 0.224 e. The summed E-state index contributed by atoms with van der Waals surface area (Å²) < 4.78 is 6.44. The number of aryl methyl sites for hydroxylation is 1. The van der Waals surface area contributed by atoms with E-state index in [1.807, 2.05) is 12.4 Å². The van der Waals surface area contributed by atoms with Crippen LogP contribution in [0.15, 0.2) is 85.2 Å². The number of fused-ring (bicyclic) bond motifs is 1. The average Bonchev–Trinajstić information content (AvgIpc) is 2.95. The maximum absolute atomic E-state index is 6.44. The van der Waals surface area contributed by atoms with Gasteiger partial charge in [0.1, 0.15) is 0 Å². The fraction of sp³-hybridized carbons (Fsp3) is 0.355. The third-order valence-corrected chi connectivity index (χ3v) is 7.18. The van der Waals surface area contributed by atoms with E-state index in [-0.39, 0.29) is 6.10 Å². The van der Waals surface area contributed by atoms with Crippen molar-refractivity contribution in [2.45, 2.75) is 44.3 Å². The predicted octanol–water partition coefficient (Wildman–Crippen LogP) is 5.75. The molecule has 1 aliphatic rings. The Morgan fingerprint density at radius 1 is 0.889 bits per heavy atom. The van der Waals surface area contributed by atoms with E-state index < -0.39 is 0 Å². The lowest BCUT2D eigenvalue weighted by atomic mass is 9.89. The van der Waals surface area contributed by atoms with Gasteiger partial charge in [-0.2, -0.15) is 0 Å². The average molecular weight is 481 g/mol. The first kappa shape index (κ1) is 24.4. The van der Waals surface area contributed by atoms with Gasteiger partial charge in [0.15, 0.2) is 0 Å². The van der Waals surface area contributed by atoms with Crippen LogP contribution < -0.4 is 10.2 Å². The summed E-state index contributed by atoms with van der Waals surface area (Å²) in [4.78, 5) is 11.6. The Labute approximate surface area is 214 Å². The Kier molecular flexibility index (Phi) is 8.21. The molecule has 2 atom stereocenters. The van der Waals surface area contributed by atoms with Crippen LogP contribution >= 0.6 is 0 Å². The molecule has 36 heavy (non-hydrogen) atoms. The highest BCUT2D eigenvalue weighted by atomic mass is 16.5. The molecule has 3 aromatic carbocycles. The molecule has 1 aliphatic heterocycles. The molecule has 1 fully saturated rings. The minimum Gasteiger partial charge on any atom is -0.372 e. The fourth-order valence-electron chi connectivity index (χ4n) is 5.06. The molecule has 0 bridgehead atoms. The van der Waals surface area contributed by atoms with Gasteiger partial charge < -0.3 is 15.0 Å². The lowest BCUT2D eigenvalue weighted by Crippen LogP contribution is -2.41. The van der Waals surface area contributed by atoms with Gasteiger partial charge in [-0.25, -0.2) is 9.97 Å². The van der Waals surface area contributed by atoms with Gasteiger partial charge >= 0.3 is 0 Å². The van der Waals surface area contributed by atoms with Gasteiger partial charge in [-0.3, -0.25) is 0 Å². The van der Waals surface area contributed by atoms with Crippen molar-refractivity contribution in [3.8, 4) is 0 Å². The number of nitrogens with zero attached hydrogens (tertiary/aromatic N) is 3. The second-order valence-electron chi connectivity index (χ2n) is 9.81. The van der Waals surface area contributed by atoms with E-state index in [0.29, 0.717) is 12.5 Å². The number of ether oxygens (including phenoxy) is 1. The van der Waals surface area contributed by atoms with Gasteiger partial charge in [0.05, 0.1) is 12.7 Å². The van der Waals surface area contributed by atoms with Gasteiger partial charge in [0.25, 0.3) is 0 Å². The highest BCUT2D eigenvalue weighted by Crippen LogP contribution is 2.28. The van der Waals surface area contributed by atoms with Crippen molar-refractivity contribution in [3.05, 3.63) is 102 Å². The molecule has 0 spiro atoms. The molecule has 0 aliphatic carbocycles. The zero-order valence-corrected chi connectivity index (χ0v) is 21.1. The van der Waals surface area contributed by atoms with E-state index in [4.69, 9.17) is 14.7 Å². The van der Waals surface area contributed by atoms with Crippen molar-refractivity contribution >= 4 is 16.7 Å². The topological polar surface area (TPSA) is 50.3 Å². The van der Waals surface area contributed by atoms with Crippen molar-refractivity contribution in [2.75, 3.05) is 31.6 Å². The zero-order valence-electron chi connectivity index (χ0n) is 21.1. The first-order valence-electron chi connectivity index (χ1n) is 13.1. The highest BCUT2D eigenvalue weighted by molar-refractivity contribution is 5.82. The van der Waals surface area contributed by atoms with Gasteiger partial charge in [0, 0.05) is 38.4 Å². The molecule has 186 valence electrons. The first-order chi connectivity index (χ1) is 17.8. The number of nitrogens with one attached hydrogen (secondary N) is 1. The number of piperidine rings is 1. The van der Waals surface area contributed by atoms with Crippen LogP contribution in [0.5, 0.6) is 0 Å². The largest absolute Gasteiger partial charge is 0.372 e. The molecule has 1 aromatic heterocycles. The molecule has 2 unspecified atom stereocenters. The van der Waals surface area contributed by atoms with Crippen molar-refractivity contribution in [1.82, 2.24) is 15.3 Å². The van der Waals surface area contributed by atoms with Gasteiger partial charge in [-0.05, 0) is 65.8 Å². The lowest BCUT2D eigenvalue weighted by molar-refractivity contribution is 0.0105. The van der Waals surface area contributed by atoms with Crippen LogP contribution in [-0.4, -0.2) is 42.8 Å². The summed E-state index contributed by atoms with van der Waals surface area (Å²) in [5.74, 6) is 1.10. The Balaban J connectivity index is 1.15. The molecule has 2 heterocycles. The molecule has 5 heteroatoms. The third kappa shape index (κ3) is 6.28. The van der Waals surface area contributed by atoms with Gasteiger partial charge in [0.2, 0.25) is 5.95 Å². The van der Waals surface area contributed by atoms with E-state index in [0.717, 1.165) is 51.3 Å². The molecule has 1 saturated heterocycles. The number of hydrogen-bond acceptors (Lipinski definition) is 5. The van der Waals surface area contributed by atoms with E-state index in [1.54, 1.807) is 0 Å². The quantitative estimate of drug-likeness (QED) is 0.293. The number of aromatic nitrogens is 2. The van der Waals surface area contributed by atoms with Crippen molar-refractivity contribution in [1.29, 1.82) is 0 Å². The Morgan fingerprint density at radius 3 is 2.50 bits per heavy atom. The predicted molar refractivity (Wildman–Crippen MR) is 147 cm³/mol. The molecule has 0 amide bonds. The maximum Gasteiger partial charge on any atom is 0.224 e. The summed E-state index contributed by atoms with van der Waals surface area (Å²) in [7, 11) is 2.08. The van der Waals surface area contributed by atoms with Crippen LogP contribution in [0, 0.1) is 0 Å². The summed E-state index contributed by atoms with van der Waals surface area (Å²) in [6.07, 6.45) is 8.55. The number of hydrogen-bond donors (Lipinski definition) is 1. The summed E-state index contributed by atoms with van der Waals surface area (Å²) in [6, 6.07) is 25.7. The minimum absolute atomic E-state index is 0.107. The molecule has 0 radical (unpaired) electrons. The monoisotopic (exact) mass is 480 g/mol. The van der Waals surface area contributed by atoms with Crippen molar-refractivity contribution < 1.29 is 4.74 Å². The van der Waals surface area contributed by atoms with Crippen LogP contribution in [0.1, 0.15) is 41.9 Å². The summed E-state index contributed by atoms with van der Waals surface area (Å²) in [5, 5.41) is 6.01. The highest BCUT2D eigenvalue weighted by Gasteiger charge is 2.28. The van der Waals surface area contributed by atoms with E-state index in [1.165, 1.54) is 27.5 Å². The number of unbranched alkanes of at least 4 members (excludes halogenated alkanes) is 1. The third-order valence-electron chi connectivity index (χ3n) is 7.18. The van der Waals surface area contributed by atoms with E-state index in [2.05, 4.69) is 90.1 Å². The Bertz CT molecular complexity index is 1230. The Morgan fingerprint density at radius 2 is 1.67 bits per heavy atom. The number of benzene rings is 3. The lowest BCUT2D eigenvalue weighted by Gasteiger charge is -2.32. The standard InChI is InChI=1S/C31H36N4O/c1-35(18-8-7-11-24-9-3-2-4-10-24)31-33-20-28(21-34-31)29-16-17-32-22-30(29)36-23-25-14-15-26-12-5-6-13-27(26)19-25/h2-6,9-10,12-15,19-21,29-30,32H,7-8,11,16-18,22-23H2,1H3. The summed E-state index contributed by atoms with van der Waals surface area (Å²) >= 11 is 0.